The van der Waals surface area contributed by atoms with Crippen LogP contribution in [0, 0.1) is 17.4 Å². The van der Waals surface area contributed by atoms with Crippen LogP contribution in [-0.2, 0) is 6.18 Å². The van der Waals surface area contributed by atoms with Gasteiger partial charge in [-0.2, -0.15) is 18.4 Å². The molecule has 0 atom stereocenters. The molecule has 0 aromatic heterocycles. The van der Waals surface area contributed by atoms with Gasteiger partial charge in [0.15, 0.2) is 0 Å². The summed E-state index contributed by atoms with van der Waals surface area (Å²) in [6, 6.07) is 5.53. The molecule has 0 bridgehead atoms. The predicted molar refractivity (Wildman–Crippen MR) is 40.0 cm³/mol. The summed E-state index contributed by atoms with van der Waals surface area (Å²) in [4.78, 5) is 0. The molecule has 0 aliphatic carbocycles. The van der Waals surface area contributed by atoms with Gasteiger partial charge in [0, 0.05) is 6.07 Å². The lowest BCUT2D eigenvalue weighted by molar-refractivity contribution is -0.137. The van der Waals surface area contributed by atoms with E-state index < -0.39 is 16.8 Å². The molecule has 0 amide bonds. The number of hydrogen-bond donors (Lipinski definition) is 0. The lowest BCUT2D eigenvalue weighted by Crippen LogP contribution is -2.06. The molecule has 13 heavy (non-hydrogen) atoms. The highest BCUT2D eigenvalue weighted by molar-refractivity contribution is 6.31. The lowest BCUT2D eigenvalue weighted by Gasteiger charge is -2.07. The zero-order valence-corrected chi connectivity index (χ0v) is 6.87. The Balaban J connectivity index is 3.29. The minimum absolute atomic E-state index is 0.114. The zero-order valence-electron chi connectivity index (χ0n) is 6.11. The summed E-state index contributed by atoms with van der Waals surface area (Å²) in [5.41, 5.74) is -1.15. The second-order valence-electron chi connectivity index (χ2n) is 2.23. The molecule has 0 saturated heterocycles. The minimum atomic E-state index is -4.54. The van der Waals surface area contributed by atoms with Crippen molar-refractivity contribution in [2.45, 2.75) is 6.18 Å². The molecule has 67 valence electrons. The molecule has 1 nitrogen and oxygen atoms in total. The maximum Gasteiger partial charge on any atom is 0.417 e. The highest BCUT2D eigenvalue weighted by atomic mass is 35.5. The van der Waals surface area contributed by atoms with E-state index in [1.54, 1.807) is 6.07 Å². The first kappa shape index (κ1) is 9.87. The van der Waals surface area contributed by atoms with Crippen molar-refractivity contribution in [3.8, 4) is 6.07 Å². The Morgan fingerprint density at radius 3 is 2.54 bits per heavy atom. The van der Waals surface area contributed by atoms with Gasteiger partial charge in [-0.1, -0.05) is 11.6 Å². The number of benzene rings is 1. The molecule has 0 aliphatic rings. The molecule has 1 radical (unpaired) electrons. The maximum atomic E-state index is 12.2. The Morgan fingerprint density at radius 1 is 1.46 bits per heavy atom. The molecule has 0 heterocycles. The zero-order chi connectivity index (χ0) is 10.1. The highest BCUT2D eigenvalue weighted by Gasteiger charge is 2.33. The van der Waals surface area contributed by atoms with Crippen molar-refractivity contribution < 1.29 is 13.2 Å². The molecule has 1 rings (SSSR count). The molecule has 0 aliphatic heterocycles. The first-order valence-electron chi connectivity index (χ1n) is 3.13. The van der Waals surface area contributed by atoms with Crippen LogP contribution < -0.4 is 0 Å². The molecule has 0 N–H and O–H groups in total. The fourth-order valence-corrected chi connectivity index (χ4v) is 0.966. The van der Waals surface area contributed by atoms with E-state index in [4.69, 9.17) is 16.9 Å². The minimum Gasteiger partial charge on any atom is -0.192 e. The Morgan fingerprint density at radius 2 is 2.08 bits per heavy atom. The van der Waals surface area contributed by atoms with E-state index in [2.05, 4.69) is 6.07 Å². The fourth-order valence-electron chi connectivity index (χ4n) is 0.750. The van der Waals surface area contributed by atoms with E-state index in [0.717, 1.165) is 6.07 Å². The predicted octanol–water partition coefficient (Wildman–Crippen LogP) is 3.03. The summed E-state index contributed by atoms with van der Waals surface area (Å²) in [5.74, 6) is 0. The van der Waals surface area contributed by atoms with Crippen molar-refractivity contribution in [2.75, 3.05) is 0 Å². The fraction of sp³-hybridized carbons (Fsp3) is 0.125. The maximum absolute atomic E-state index is 12.2. The van der Waals surface area contributed by atoms with Crippen molar-refractivity contribution in [3.63, 3.8) is 0 Å². The summed E-state index contributed by atoms with van der Waals surface area (Å²) in [6.07, 6.45) is -4.54. The van der Waals surface area contributed by atoms with Gasteiger partial charge in [0.25, 0.3) is 0 Å². The van der Waals surface area contributed by atoms with Gasteiger partial charge >= 0.3 is 6.18 Å². The van der Waals surface area contributed by atoms with Gasteiger partial charge < -0.3 is 0 Å². The SMILES string of the molecule is N#Cc1c[c]c(Cl)c(C(F)(F)F)c1. The molecule has 0 saturated carbocycles. The summed E-state index contributed by atoms with van der Waals surface area (Å²) >= 11 is 5.25. The summed E-state index contributed by atoms with van der Waals surface area (Å²) in [7, 11) is 0. The van der Waals surface area contributed by atoms with E-state index in [1.807, 2.05) is 0 Å². The van der Waals surface area contributed by atoms with E-state index >= 15 is 0 Å². The van der Waals surface area contributed by atoms with E-state index in [-0.39, 0.29) is 5.56 Å². The van der Waals surface area contributed by atoms with Gasteiger partial charge in [-0.15, -0.1) is 0 Å². The average molecular weight is 205 g/mol. The van der Waals surface area contributed by atoms with Gasteiger partial charge in [-0.05, 0) is 12.1 Å². The van der Waals surface area contributed by atoms with Gasteiger partial charge in [0.05, 0.1) is 22.2 Å². The number of nitriles is 1. The number of hydrogen-bond acceptors (Lipinski definition) is 1. The van der Waals surface area contributed by atoms with Crippen LogP contribution in [0.1, 0.15) is 11.1 Å². The Bertz CT molecular complexity index is 365. The largest absolute Gasteiger partial charge is 0.417 e. The number of rotatable bonds is 0. The van der Waals surface area contributed by atoms with Crippen molar-refractivity contribution in [3.05, 3.63) is 34.3 Å². The molecular weight excluding hydrogens is 203 g/mol. The smallest absolute Gasteiger partial charge is 0.192 e. The van der Waals surface area contributed by atoms with Crippen LogP contribution in [0.2, 0.25) is 5.02 Å². The van der Waals surface area contributed by atoms with Crippen LogP contribution in [0.5, 0.6) is 0 Å². The van der Waals surface area contributed by atoms with Gasteiger partial charge in [-0.25, -0.2) is 0 Å². The van der Waals surface area contributed by atoms with Gasteiger partial charge in [0.2, 0.25) is 0 Å². The van der Waals surface area contributed by atoms with Crippen molar-refractivity contribution >= 4 is 11.6 Å². The second kappa shape index (κ2) is 3.27. The second-order valence-corrected chi connectivity index (χ2v) is 2.60. The third-order valence-corrected chi connectivity index (χ3v) is 1.64. The van der Waals surface area contributed by atoms with Crippen LogP contribution in [0.15, 0.2) is 12.1 Å². The first-order chi connectivity index (χ1) is 5.95. The highest BCUT2D eigenvalue weighted by Crippen LogP contribution is 2.34. The monoisotopic (exact) mass is 204 g/mol. The summed E-state index contributed by atoms with van der Waals surface area (Å²) in [6.45, 7) is 0. The number of halogens is 4. The van der Waals surface area contributed by atoms with Gasteiger partial charge in [-0.3, -0.25) is 0 Å². The van der Waals surface area contributed by atoms with Crippen LogP contribution in [0.25, 0.3) is 0 Å². The topological polar surface area (TPSA) is 23.8 Å². The Kier molecular flexibility index (Phi) is 2.48. The van der Waals surface area contributed by atoms with E-state index in [0.29, 0.717) is 6.07 Å². The van der Waals surface area contributed by atoms with Crippen molar-refractivity contribution in [1.82, 2.24) is 0 Å². The number of alkyl halides is 3. The van der Waals surface area contributed by atoms with Crippen LogP contribution in [0.3, 0.4) is 0 Å². The third kappa shape index (κ3) is 2.13. The molecule has 1 aromatic rings. The summed E-state index contributed by atoms with van der Waals surface area (Å²) in [5, 5.41) is 7.82. The molecule has 5 heteroatoms. The van der Waals surface area contributed by atoms with Gasteiger partial charge in [0.1, 0.15) is 0 Å². The van der Waals surface area contributed by atoms with Crippen molar-refractivity contribution in [2.24, 2.45) is 0 Å². The molecule has 0 fully saturated rings. The van der Waals surface area contributed by atoms with E-state index in [1.165, 1.54) is 0 Å². The molecule has 1 aromatic carbocycles. The van der Waals surface area contributed by atoms with Crippen LogP contribution >= 0.6 is 11.6 Å². The average Bonchev–Trinajstić information content (AvgIpc) is 2.03. The first-order valence-corrected chi connectivity index (χ1v) is 3.51. The standard InChI is InChI=1S/C8H2ClF3N/c9-7-2-1-5(4-13)3-6(7)8(10,11)12/h1,3H. The quantitative estimate of drug-likeness (QED) is 0.637. The molecule has 0 unspecified atom stereocenters. The third-order valence-electron chi connectivity index (χ3n) is 1.33. The molecular formula is C8H2ClF3N. The molecule has 0 spiro atoms. The van der Waals surface area contributed by atoms with E-state index in [9.17, 15) is 13.2 Å². The normalized spacial score (nSPS) is 11.0. The van der Waals surface area contributed by atoms with Crippen LogP contribution in [-0.4, -0.2) is 0 Å². The lowest BCUT2D eigenvalue weighted by atomic mass is 10.1. The summed E-state index contributed by atoms with van der Waals surface area (Å²) < 4.78 is 36.5. The Hall–Kier alpha value is -1.21. The number of nitrogens with zero attached hydrogens (tertiary/aromatic N) is 1. The van der Waals surface area contributed by atoms with Crippen molar-refractivity contribution in [1.29, 1.82) is 5.26 Å². The Labute approximate surface area is 77.4 Å². The van der Waals surface area contributed by atoms with Crippen LogP contribution in [0.4, 0.5) is 13.2 Å².